The van der Waals surface area contributed by atoms with Gasteiger partial charge in [-0.25, -0.2) is 0 Å². The summed E-state index contributed by atoms with van der Waals surface area (Å²) in [6.07, 6.45) is 0. The first-order valence-corrected chi connectivity index (χ1v) is 7.82. The molecule has 3 aromatic rings. The number of aromatic nitrogens is 4. The summed E-state index contributed by atoms with van der Waals surface area (Å²) in [7, 11) is 0. The van der Waals surface area contributed by atoms with Crippen molar-refractivity contribution in [2.45, 2.75) is 10.9 Å². The van der Waals surface area contributed by atoms with Gasteiger partial charge in [0.1, 0.15) is 0 Å². The van der Waals surface area contributed by atoms with E-state index in [1.165, 1.54) is 5.56 Å². The van der Waals surface area contributed by atoms with Gasteiger partial charge in [-0.3, -0.25) is 0 Å². The van der Waals surface area contributed by atoms with Crippen LogP contribution < -0.4 is 0 Å². The largest absolute Gasteiger partial charge is 0.214 e. The number of thioether (sulfide) groups is 1. The van der Waals surface area contributed by atoms with Gasteiger partial charge in [-0.15, -0.1) is 5.10 Å². The third-order valence-electron chi connectivity index (χ3n) is 2.72. The molecule has 0 atom stereocenters. The first-order valence-electron chi connectivity index (χ1n) is 6.04. The highest BCUT2D eigenvalue weighted by atomic mass is 79.9. The van der Waals surface area contributed by atoms with E-state index in [1.807, 2.05) is 42.5 Å². The summed E-state index contributed by atoms with van der Waals surface area (Å²) in [6.45, 7) is 0. The van der Waals surface area contributed by atoms with Crippen LogP contribution in [0.25, 0.3) is 5.69 Å². The molecular weight excluding hydrogens is 336 g/mol. The number of tetrazole rings is 1. The van der Waals surface area contributed by atoms with Gasteiger partial charge in [0.25, 0.3) is 0 Å². The minimum absolute atomic E-state index is 0.791. The molecule has 3 rings (SSSR count). The average molecular weight is 347 g/mol. The zero-order valence-electron chi connectivity index (χ0n) is 10.5. The lowest BCUT2D eigenvalue weighted by molar-refractivity contribution is 0.756. The molecule has 0 bridgehead atoms. The van der Waals surface area contributed by atoms with E-state index in [4.69, 9.17) is 0 Å². The molecule has 0 saturated heterocycles. The second-order valence-corrected chi connectivity index (χ2v) is 5.98. The molecule has 0 radical (unpaired) electrons. The smallest absolute Gasteiger partial charge is 0.188 e. The fourth-order valence-electron chi connectivity index (χ4n) is 1.73. The summed E-state index contributed by atoms with van der Waals surface area (Å²) in [5.41, 5.74) is 2.21. The van der Waals surface area contributed by atoms with Gasteiger partial charge in [-0.2, -0.15) is 4.68 Å². The Morgan fingerprint density at radius 2 is 1.75 bits per heavy atom. The second kappa shape index (κ2) is 6.19. The summed E-state index contributed by atoms with van der Waals surface area (Å²) in [4.78, 5) is 0. The van der Waals surface area contributed by atoms with Crippen molar-refractivity contribution in [2.24, 2.45) is 0 Å². The molecular formula is C14H11BrN4S. The summed E-state index contributed by atoms with van der Waals surface area (Å²) in [5.74, 6) is 0.834. The van der Waals surface area contributed by atoms with E-state index >= 15 is 0 Å². The zero-order valence-corrected chi connectivity index (χ0v) is 12.9. The highest BCUT2D eigenvalue weighted by Gasteiger charge is 2.08. The molecule has 6 heteroatoms. The molecule has 0 unspecified atom stereocenters. The van der Waals surface area contributed by atoms with Crippen LogP contribution in [0, 0.1) is 0 Å². The van der Waals surface area contributed by atoms with Crippen LogP contribution in [0.5, 0.6) is 0 Å². The van der Waals surface area contributed by atoms with Crippen LogP contribution in [0.1, 0.15) is 5.56 Å². The first kappa shape index (κ1) is 13.3. The maximum atomic E-state index is 4.08. The van der Waals surface area contributed by atoms with Crippen molar-refractivity contribution in [1.29, 1.82) is 0 Å². The highest BCUT2D eigenvalue weighted by molar-refractivity contribution is 9.10. The molecule has 2 aromatic carbocycles. The lowest BCUT2D eigenvalue weighted by atomic mass is 10.2. The molecule has 0 amide bonds. The molecule has 0 aliphatic carbocycles. The predicted octanol–water partition coefficient (Wildman–Crippen LogP) is 3.72. The average Bonchev–Trinajstić information content (AvgIpc) is 2.96. The molecule has 1 heterocycles. The van der Waals surface area contributed by atoms with Crippen molar-refractivity contribution in [3.05, 3.63) is 64.6 Å². The van der Waals surface area contributed by atoms with Crippen molar-refractivity contribution in [3.63, 3.8) is 0 Å². The summed E-state index contributed by atoms with van der Waals surface area (Å²) in [6, 6.07) is 18.1. The van der Waals surface area contributed by atoms with E-state index in [2.05, 4.69) is 43.6 Å². The standard InChI is InChI=1S/C14H11BrN4S/c15-12-8-6-11(7-9-12)10-20-14-16-17-18-19(14)13-4-2-1-3-5-13/h1-9H,10H2. The van der Waals surface area contributed by atoms with Gasteiger partial charge in [-0.1, -0.05) is 58.0 Å². The minimum atomic E-state index is 0.791. The molecule has 0 spiro atoms. The Hall–Kier alpha value is -1.66. The molecule has 0 aliphatic heterocycles. The second-order valence-electron chi connectivity index (χ2n) is 4.12. The Morgan fingerprint density at radius 3 is 2.50 bits per heavy atom. The van der Waals surface area contributed by atoms with Gasteiger partial charge in [0, 0.05) is 10.2 Å². The maximum Gasteiger partial charge on any atom is 0.214 e. The fraction of sp³-hybridized carbons (Fsp3) is 0.0714. The van der Waals surface area contributed by atoms with Crippen LogP contribution >= 0.6 is 27.7 Å². The Balaban J connectivity index is 1.76. The Kier molecular flexibility index (Phi) is 4.13. The van der Waals surface area contributed by atoms with E-state index in [9.17, 15) is 0 Å². The summed E-state index contributed by atoms with van der Waals surface area (Å²) < 4.78 is 2.84. The third kappa shape index (κ3) is 3.08. The minimum Gasteiger partial charge on any atom is -0.188 e. The lowest BCUT2D eigenvalue weighted by Gasteiger charge is -2.04. The number of nitrogens with zero attached hydrogens (tertiary/aromatic N) is 4. The molecule has 20 heavy (non-hydrogen) atoms. The number of halogens is 1. The van der Waals surface area contributed by atoms with E-state index in [0.717, 1.165) is 21.1 Å². The normalized spacial score (nSPS) is 10.7. The maximum absolute atomic E-state index is 4.08. The molecule has 0 fully saturated rings. The van der Waals surface area contributed by atoms with E-state index in [-0.39, 0.29) is 0 Å². The molecule has 100 valence electrons. The van der Waals surface area contributed by atoms with Crippen molar-refractivity contribution in [1.82, 2.24) is 20.2 Å². The van der Waals surface area contributed by atoms with Crippen molar-refractivity contribution in [3.8, 4) is 5.69 Å². The highest BCUT2D eigenvalue weighted by Crippen LogP contribution is 2.23. The van der Waals surface area contributed by atoms with Gasteiger partial charge in [0.05, 0.1) is 5.69 Å². The first-order chi connectivity index (χ1) is 9.83. The van der Waals surface area contributed by atoms with Crippen molar-refractivity contribution < 1.29 is 0 Å². The molecule has 1 aromatic heterocycles. The molecule has 0 aliphatic rings. The number of hydrogen-bond acceptors (Lipinski definition) is 4. The van der Waals surface area contributed by atoms with Gasteiger partial charge in [-0.05, 0) is 40.3 Å². The summed E-state index contributed by atoms with van der Waals surface area (Å²) >= 11 is 5.05. The SMILES string of the molecule is Brc1ccc(CSc2nnnn2-c2ccccc2)cc1. The topological polar surface area (TPSA) is 43.6 Å². The Bertz CT molecular complexity index is 682. The third-order valence-corrected chi connectivity index (χ3v) is 4.24. The quantitative estimate of drug-likeness (QED) is 0.675. The zero-order chi connectivity index (χ0) is 13.8. The number of benzene rings is 2. The number of hydrogen-bond donors (Lipinski definition) is 0. The van der Waals surface area contributed by atoms with Crippen molar-refractivity contribution >= 4 is 27.7 Å². The van der Waals surface area contributed by atoms with Crippen LogP contribution in [0.3, 0.4) is 0 Å². The Labute approximate surface area is 129 Å². The number of para-hydroxylation sites is 1. The van der Waals surface area contributed by atoms with Crippen LogP contribution in [-0.2, 0) is 5.75 Å². The van der Waals surface area contributed by atoms with E-state index in [0.29, 0.717) is 0 Å². The molecule has 0 saturated carbocycles. The van der Waals surface area contributed by atoms with Gasteiger partial charge < -0.3 is 0 Å². The van der Waals surface area contributed by atoms with E-state index < -0.39 is 0 Å². The van der Waals surface area contributed by atoms with E-state index in [1.54, 1.807) is 16.4 Å². The van der Waals surface area contributed by atoms with Crippen LogP contribution in [-0.4, -0.2) is 20.2 Å². The monoisotopic (exact) mass is 346 g/mol. The number of rotatable bonds is 4. The summed E-state index contributed by atoms with van der Waals surface area (Å²) in [5, 5.41) is 12.7. The molecule has 0 N–H and O–H groups in total. The van der Waals surface area contributed by atoms with Crippen LogP contribution in [0.15, 0.2) is 64.2 Å². The van der Waals surface area contributed by atoms with Gasteiger partial charge in [0.15, 0.2) is 0 Å². The predicted molar refractivity (Wildman–Crippen MR) is 82.9 cm³/mol. The van der Waals surface area contributed by atoms with Crippen molar-refractivity contribution in [2.75, 3.05) is 0 Å². The fourth-order valence-corrected chi connectivity index (χ4v) is 2.84. The van der Waals surface area contributed by atoms with Gasteiger partial charge >= 0.3 is 0 Å². The van der Waals surface area contributed by atoms with Crippen LogP contribution in [0.2, 0.25) is 0 Å². The molecule has 4 nitrogen and oxygen atoms in total. The van der Waals surface area contributed by atoms with Crippen LogP contribution in [0.4, 0.5) is 0 Å². The Morgan fingerprint density at radius 1 is 1.00 bits per heavy atom. The lowest BCUT2D eigenvalue weighted by Crippen LogP contribution is -1.98. The van der Waals surface area contributed by atoms with Gasteiger partial charge in [0.2, 0.25) is 5.16 Å².